The number of aliphatic hydroxyl groups excluding tert-OH is 1. The van der Waals surface area contributed by atoms with E-state index in [2.05, 4.69) is 5.32 Å². The molecule has 0 aromatic carbocycles. The topological polar surface area (TPSA) is 66.4 Å². The molecule has 0 spiro atoms. The molecule has 4 nitrogen and oxygen atoms in total. The fourth-order valence-electron chi connectivity index (χ4n) is 1.14. The molecule has 0 amide bonds. The Balaban J connectivity index is 3.97. The Morgan fingerprint density at radius 3 is 2.31 bits per heavy atom. The highest BCUT2D eigenvalue weighted by Crippen LogP contribution is 2.17. The van der Waals surface area contributed by atoms with Crippen LogP contribution in [0.4, 0.5) is 0 Å². The molecule has 1 unspecified atom stereocenters. The number of nitrogens with one attached hydrogen (secondary N) is 1. The number of hydrogen-bond acceptors (Lipinski definition) is 4. The second-order valence-electron chi connectivity index (χ2n) is 5.08. The van der Waals surface area contributed by atoms with Gasteiger partial charge in [-0.1, -0.05) is 6.92 Å². The summed E-state index contributed by atoms with van der Waals surface area (Å²) in [5.41, 5.74) is 0. The van der Waals surface area contributed by atoms with E-state index in [9.17, 15) is 13.5 Å². The van der Waals surface area contributed by atoms with Gasteiger partial charge in [-0.25, -0.2) is 8.42 Å². The molecule has 0 aromatic rings. The summed E-state index contributed by atoms with van der Waals surface area (Å²) in [6, 6.07) is 0. The van der Waals surface area contributed by atoms with Crippen LogP contribution in [0.3, 0.4) is 0 Å². The molecular weight excluding hydrogens is 226 g/mol. The SMILES string of the molecule is CCCNCC(O)CCS(=O)(=O)C(C)(C)C. The van der Waals surface area contributed by atoms with Crippen LogP contribution in [0, 0.1) is 0 Å². The zero-order valence-corrected chi connectivity index (χ0v) is 11.6. The Hall–Kier alpha value is -0.130. The summed E-state index contributed by atoms with van der Waals surface area (Å²) in [6.07, 6.45) is 0.729. The third-order valence-electron chi connectivity index (χ3n) is 2.46. The van der Waals surface area contributed by atoms with Gasteiger partial charge in [0.05, 0.1) is 16.6 Å². The van der Waals surface area contributed by atoms with Crippen molar-refractivity contribution in [1.29, 1.82) is 0 Å². The quantitative estimate of drug-likeness (QED) is 0.661. The minimum absolute atomic E-state index is 0.0471. The minimum Gasteiger partial charge on any atom is -0.392 e. The van der Waals surface area contributed by atoms with Gasteiger partial charge >= 0.3 is 0 Å². The maximum atomic E-state index is 11.8. The molecule has 0 radical (unpaired) electrons. The van der Waals surface area contributed by atoms with E-state index in [0.717, 1.165) is 13.0 Å². The highest BCUT2D eigenvalue weighted by molar-refractivity contribution is 7.92. The molecule has 0 bridgehead atoms. The lowest BCUT2D eigenvalue weighted by Crippen LogP contribution is -2.34. The van der Waals surface area contributed by atoms with E-state index >= 15 is 0 Å². The Labute approximate surface area is 99.4 Å². The van der Waals surface area contributed by atoms with Crippen molar-refractivity contribution >= 4 is 9.84 Å². The number of rotatable bonds is 7. The maximum absolute atomic E-state index is 11.8. The van der Waals surface area contributed by atoms with Crippen LogP contribution >= 0.6 is 0 Å². The van der Waals surface area contributed by atoms with Gasteiger partial charge in [0, 0.05) is 6.54 Å². The van der Waals surface area contributed by atoms with Crippen molar-refractivity contribution in [1.82, 2.24) is 5.32 Å². The van der Waals surface area contributed by atoms with Crippen molar-refractivity contribution < 1.29 is 13.5 Å². The van der Waals surface area contributed by atoms with Gasteiger partial charge in [-0.15, -0.1) is 0 Å². The highest BCUT2D eigenvalue weighted by atomic mass is 32.2. The summed E-state index contributed by atoms with van der Waals surface area (Å²) in [5.74, 6) is 0.0471. The minimum atomic E-state index is -3.11. The molecule has 16 heavy (non-hydrogen) atoms. The van der Waals surface area contributed by atoms with Crippen molar-refractivity contribution in [2.75, 3.05) is 18.8 Å². The monoisotopic (exact) mass is 251 g/mol. The van der Waals surface area contributed by atoms with E-state index < -0.39 is 20.7 Å². The average Bonchev–Trinajstić information content (AvgIpc) is 2.13. The lowest BCUT2D eigenvalue weighted by atomic mass is 10.2. The first-order valence-corrected chi connectivity index (χ1v) is 7.47. The standard InChI is InChI=1S/C11H25NO3S/c1-5-7-12-9-10(13)6-8-16(14,15)11(2,3)4/h10,12-13H,5-9H2,1-4H3. The van der Waals surface area contributed by atoms with Gasteiger partial charge in [0.25, 0.3) is 0 Å². The molecule has 1 atom stereocenters. The molecule has 0 aliphatic rings. The summed E-state index contributed by atoms with van der Waals surface area (Å²) in [4.78, 5) is 0. The van der Waals surface area contributed by atoms with E-state index in [0.29, 0.717) is 13.0 Å². The van der Waals surface area contributed by atoms with Gasteiger partial charge in [0.2, 0.25) is 0 Å². The Morgan fingerprint density at radius 2 is 1.88 bits per heavy atom. The van der Waals surface area contributed by atoms with Gasteiger partial charge in [-0.2, -0.15) is 0 Å². The Kier molecular flexibility index (Phi) is 6.51. The molecule has 0 saturated carbocycles. The van der Waals surface area contributed by atoms with Gasteiger partial charge in [-0.05, 0) is 40.2 Å². The van der Waals surface area contributed by atoms with Crippen molar-refractivity contribution in [3.05, 3.63) is 0 Å². The smallest absolute Gasteiger partial charge is 0.155 e. The first kappa shape index (κ1) is 15.9. The first-order chi connectivity index (χ1) is 7.20. The molecule has 0 rings (SSSR count). The zero-order chi connectivity index (χ0) is 12.8. The van der Waals surface area contributed by atoms with E-state index in [1.807, 2.05) is 6.92 Å². The van der Waals surface area contributed by atoms with Gasteiger partial charge in [0.1, 0.15) is 0 Å². The van der Waals surface area contributed by atoms with Crippen LogP contribution < -0.4 is 5.32 Å². The predicted molar refractivity (Wildman–Crippen MR) is 67.3 cm³/mol. The number of hydrogen-bond donors (Lipinski definition) is 2. The van der Waals surface area contributed by atoms with E-state index in [4.69, 9.17) is 0 Å². The van der Waals surface area contributed by atoms with E-state index in [1.165, 1.54) is 0 Å². The summed E-state index contributed by atoms with van der Waals surface area (Å²) in [7, 11) is -3.11. The van der Waals surface area contributed by atoms with Crippen molar-refractivity contribution in [2.24, 2.45) is 0 Å². The van der Waals surface area contributed by atoms with Crippen LogP contribution in [-0.2, 0) is 9.84 Å². The van der Waals surface area contributed by atoms with Gasteiger partial charge in [0.15, 0.2) is 9.84 Å². The molecular formula is C11H25NO3S. The Bertz CT molecular complexity index is 280. The summed E-state index contributed by atoms with van der Waals surface area (Å²) < 4.78 is 22.8. The van der Waals surface area contributed by atoms with Crippen LogP contribution in [-0.4, -0.2) is 43.2 Å². The molecule has 98 valence electrons. The third kappa shape index (κ3) is 5.82. The van der Waals surface area contributed by atoms with Gasteiger partial charge in [-0.3, -0.25) is 0 Å². The Morgan fingerprint density at radius 1 is 1.31 bits per heavy atom. The fourth-order valence-corrected chi connectivity index (χ4v) is 2.34. The lowest BCUT2D eigenvalue weighted by molar-refractivity contribution is 0.168. The van der Waals surface area contributed by atoms with E-state index in [-0.39, 0.29) is 5.75 Å². The average molecular weight is 251 g/mol. The normalized spacial score (nSPS) is 15.1. The summed E-state index contributed by atoms with van der Waals surface area (Å²) in [5, 5.41) is 12.6. The van der Waals surface area contributed by atoms with Crippen molar-refractivity contribution in [3.8, 4) is 0 Å². The van der Waals surface area contributed by atoms with E-state index in [1.54, 1.807) is 20.8 Å². The molecule has 0 fully saturated rings. The van der Waals surface area contributed by atoms with Crippen LogP contribution in [0.15, 0.2) is 0 Å². The number of sulfone groups is 1. The second-order valence-corrected chi connectivity index (χ2v) is 7.94. The molecule has 5 heteroatoms. The lowest BCUT2D eigenvalue weighted by Gasteiger charge is -2.20. The van der Waals surface area contributed by atoms with Crippen molar-refractivity contribution in [3.63, 3.8) is 0 Å². The maximum Gasteiger partial charge on any atom is 0.155 e. The molecule has 2 N–H and O–H groups in total. The highest BCUT2D eigenvalue weighted by Gasteiger charge is 2.28. The zero-order valence-electron chi connectivity index (χ0n) is 10.8. The first-order valence-electron chi connectivity index (χ1n) is 5.82. The summed E-state index contributed by atoms with van der Waals surface area (Å²) >= 11 is 0. The molecule has 0 aliphatic carbocycles. The molecule has 0 heterocycles. The predicted octanol–water partition coefficient (Wildman–Crippen LogP) is 0.950. The van der Waals surface area contributed by atoms with Crippen LogP contribution in [0.5, 0.6) is 0 Å². The largest absolute Gasteiger partial charge is 0.392 e. The van der Waals surface area contributed by atoms with Crippen LogP contribution in [0.25, 0.3) is 0 Å². The van der Waals surface area contributed by atoms with Crippen molar-refractivity contribution in [2.45, 2.75) is 51.4 Å². The van der Waals surface area contributed by atoms with Crippen LogP contribution in [0.2, 0.25) is 0 Å². The third-order valence-corrected chi connectivity index (χ3v) is 5.10. The molecule has 0 saturated heterocycles. The fraction of sp³-hybridized carbons (Fsp3) is 1.00. The number of aliphatic hydroxyl groups is 1. The molecule has 0 aromatic heterocycles. The molecule has 0 aliphatic heterocycles. The summed E-state index contributed by atoms with van der Waals surface area (Å²) in [6.45, 7) is 8.41. The second kappa shape index (κ2) is 6.57. The van der Waals surface area contributed by atoms with Gasteiger partial charge < -0.3 is 10.4 Å². The van der Waals surface area contributed by atoms with Crippen LogP contribution in [0.1, 0.15) is 40.5 Å².